The molecule has 30 heavy (non-hydrogen) atoms. The second-order valence-electron chi connectivity index (χ2n) is 8.83. The monoisotopic (exact) mass is 408 g/mol. The summed E-state index contributed by atoms with van der Waals surface area (Å²) in [5.74, 6) is 0.442. The van der Waals surface area contributed by atoms with E-state index >= 15 is 0 Å². The Labute approximate surface area is 180 Å². The third-order valence-electron chi connectivity index (χ3n) is 7.18. The van der Waals surface area contributed by atoms with Gasteiger partial charge in [-0.3, -0.25) is 0 Å². The molecule has 1 fully saturated rings. The van der Waals surface area contributed by atoms with Gasteiger partial charge in [-0.15, -0.1) is 0 Å². The summed E-state index contributed by atoms with van der Waals surface area (Å²) < 4.78 is 2.46. The summed E-state index contributed by atoms with van der Waals surface area (Å²) in [5, 5.41) is 4.75. The lowest BCUT2D eigenvalue weighted by Crippen LogP contribution is -2.56. The molecule has 2 aliphatic rings. The molecule has 1 unspecified atom stereocenters. The molecule has 0 saturated carbocycles. The number of amides is 2. The van der Waals surface area contributed by atoms with E-state index in [2.05, 4.69) is 53.5 Å². The van der Waals surface area contributed by atoms with Gasteiger partial charge >= 0.3 is 6.03 Å². The van der Waals surface area contributed by atoms with Crippen LogP contribution in [0.4, 0.5) is 4.79 Å². The van der Waals surface area contributed by atoms with Crippen molar-refractivity contribution in [3.05, 3.63) is 41.6 Å². The first-order chi connectivity index (χ1) is 14.5. The maximum absolute atomic E-state index is 12.7. The molecule has 1 aromatic carbocycles. The van der Waals surface area contributed by atoms with Gasteiger partial charge in [-0.1, -0.05) is 25.6 Å². The summed E-state index contributed by atoms with van der Waals surface area (Å²) in [6, 6.07) is 7.50. The van der Waals surface area contributed by atoms with Crippen molar-refractivity contribution in [3.63, 3.8) is 0 Å². The molecule has 3 atom stereocenters. The number of nitrogens with zero attached hydrogens (tertiary/aromatic N) is 3. The predicted octanol–water partition coefficient (Wildman–Crippen LogP) is 4.46. The first-order valence-electron chi connectivity index (χ1n) is 11.6. The van der Waals surface area contributed by atoms with Crippen molar-refractivity contribution in [2.24, 2.45) is 0 Å². The van der Waals surface area contributed by atoms with E-state index in [-0.39, 0.29) is 12.1 Å². The number of aryl methyl sites for hydroxylation is 1. The van der Waals surface area contributed by atoms with Gasteiger partial charge in [-0.05, 0) is 63.4 Å². The van der Waals surface area contributed by atoms with Gasteiger partial charge < -0.3 is 19.7 Å². The topological polar surface area (TPSA) is 40.5 Å². The SMILES string of the molecule is C=Cc1c2c3c(cccc3n1CCC)C1C[C@H](NC(=O)N(CC)CC)CN(C)[C@@H]1C2. The van der Waals surface area contributed by atoms with Crippen molar-refractivity contribution in [2.75, 3.05) is 26.7 Å². The highest BCUT2D eigenvalue weighted by atomic mass is 16.2. The minimum Gasteiger partial charge on any atom is -0.341 e. The number of fused-ring (bicyclic) bond motifs is 2. The van der Waals surface area contributed by atoms with Gasteiger partial charge in [-0.2, -0.15) is 0 Å². The molecule has 1 saturated heterocycles. The van der Waals surface area contributed by atoms with Crippen LogP contribution in [-0.4, -0.2) is 59.2 Å². The first kappa shape index (κ1) is 21.0. The number of rotatable bonds is 6. The number of piperidine rings is 1. The third-order valence-corrected chi connectivity index (χ3v) is 7.18. The third kappa shape index (κ3) is 3.33. The number of aromatic nitrogens is 1. The van der Waals surface area contributed by atoms with Gasteiger partial charge in [0.05, 0.1) is 0 Å². The number of hydrogen-bond acceptors (Lipinski definition) is 2. The standard InChI is InChI=1S/C25H36N4O/c1-6-13-29-21(7-2)20-15-23-19(18-11-10-12-22(29)24(18)20)14-17(16-27(23)5)26-25(30)28(8-3)9-4/h7,10-12,17,19,23H,2,6,8-9,13-16H2,1,3-5H3,(H,26,30)/t17-,19?,23+/m0/s1. The molecule has 2 aromatic rings. The molecule has 1 aromatic heterocycles. The Bertz CT molecular complexity index is 942. The molecule has 162 valence electrons. The Hall–Kier alpha value is -2.27. The maximum atomic E-state index is 12.7. The lowest BCUT2D eigenvalue weighted by Gasteiger charge is -2.46. The minimum absolute atomic E-state index is 0.0644. The van der Waals surface area contributed by atoms with Crippen LogP contribution in [-0.2, 0) is 13.0 Å². The molecule has 4 rings (SSSR count). The highest BCUT2D eigenvalue weighted by molar-refractivity contribution is 5.92. The van der Waals surface area contributed by atoms with Gasteiger partial charge in [0.25, 0.3) is 0 Å². The summed E-state index contributed by atoms with van der Waals surface area (Å²) in [7, 11) is 2.22. The highest BCUT2D eigenvalue weighted by Crippen LogP contribution is 2.45. The lowest BCUT2D eigenvalue weighted by molar-refractivity contribution is 0.124. The molecule has 5 nitrogen and oxygen atoms in total. The minimum atomic E-state index is 0.0644. The van der Waals surface area contributed by atoms with Crippen molar-refractivity contribution in [1.82, 2.24) is 19.7 Å². The van der Waals surface area contributed by atoms with Gasteiger partial charge in [0.2, 0.25) is 0 Å². The molecule has 1 aliphatic carbocycles. The van der Waals surface area contributed by atoms with E-state index in [1.807, 2.05) is 24.8 Å². The van der Waals surface area contributed by atoms with Crippen LogP contribution in [0.1, 0.15) is 56.4 Å². The number of likely N-dealkylation sites (N-methyl/N-ethyl adjacent to an activating group) is 1. The van der Waals surface area contributed by atoms with Gasteiger partial charge in [-0.25, -0.2) is 4.79 Å². The van der Waals surface area contributed by atoms with Crippen LogP contribution in [0.3, 0.4) is 0 Å². The van der Waals surface area contributed by atoms with E-state index in [0.29, 0.717) is 12.0 Å². The number of likely N-dealkylation sites (tertiary alicyclic amines) is 1. The number of nitrogens with one attached hydrogen (secondary N) is 1. The molecule has 2 amide bonds. The smallest absolute Gasteiger partial charge is 0.317 e. The fraction of sp³-hybridized carbons (Fsp3) is 0.560. The molecule has 0 bridgehead atoms. The molecular formula is C25H36N4O. The van der Waals surface area contributed by atoms with Gasteiger partial charge in [0.15, 0.2) is 0 Å². The zero-order valence-corrected chi connectivity index (χ0v) is 18.9. The largest absolute Gasteiger partial charge is 0.341 e. The normalized spacial score (nSPS) is 23.3. The van der Waals surface area contributed by atoms with E-state index in [1.54, 1.807) is 0 Å². The molecule has 0 spiro atoms. The number of hydrogen-bond donors (Lipinski definition) is 1. The zero-order valence-electron chi connectivity index (χ0n) is 18.9. The predicted molar refractivity (Wildman–Crippen MR) is 125 cm³/mol. The van der Waals surface area contributed by atoms with Crippen molar-refractivity contribution in [3.8, 4) is 0 Å². The summed E-state index contributed by atoms with van der Waals surface area (Å²) in [6.07, 6.45) is 5.22. The van der Waals surface area contributed by atoms with E-state index in [9.17, 15) is 4.79 Å². The molecule has 2 heterocycles. The molecule has 5 heteroatoms. The van der Waals surface area contributed by atoms with Crippen molar-refractivity contribution < 1.29 is 4.79 Å². The van der Waals surface area contributed by atoms with Crippen LogP contribution in [0.15, 0.2) is 24.8 Å². The van der Waals surface area contributed by atoms with Crippen molar-refractivity contribution in [1.29, 1.82) is 0 Å². The zero-order chi connectivity index (χ0) is 21.4. The fourth-order valence-corrected chi connectivity index (χ4v) is 5.80. The Morgan fingerprint density at radius 2 is 2.07 bits per heavy atom. The summed E-state index contributed by atoms with van der Waals surface area (Å²) >= 11 is 0. The van der Waals surface area contributed by atoms with Crippen LogP contribution in [0.25, 0.3) is 17.0 Å². The van der Waals surface area contributed by atoms with Crippen molar-refractivity contribution >= 4 is 23.0 Å². The quantitative estimate of drug-likeness (QED) is 0.767. The molecular weight excluding hydrogens is 372 g/mol. The lowest BCUT2D eigenvalue weighted by atomic mass is 9.73. The Morgan fingerprint density at radius 1 is 1.30 bits per heavy atom. The Balaban J connectivity index is 1.70. The summed E-state index contributed by atoms with van der Waals surface area (Å²) in [6.45, 7) is 13.9. The van der Waals surface area contributed by atoms with Gasteiger partial charge in [0, 0.05) is 60.8 Å². The van der Waals surface area contributed by atoms with E-state index in [1.165, 1.54) is 27.7 Å². The summed E-state index contributed by atoms with van der Waals surface area (Å²) in [5.41, 5.74) is 5.55. The number of urea groups is 1. The van der Waals surface area contributed by atoms with Gasteiger partial charge in [0.1, 0.15) is 0 Å². The second-order valence-corrected chi connectivity index (χ2v) is 8.83. The Kier molecular flexibility index (Phi) is 5.92. The average Bonchev–Trinajstić information content (AvgIpc) is 3.04. The van der Waals surface area contributed by atoms with Crippen LogP contribution < -0.4 is 5.32 Å². The number of carbonyl (C=O) groups excluding carboxylic acids is 1. The number of carbonyl (C=O) groups is 1. The van der Waals surface area contributed by atoms with E-state index in [0.717, 1.165) is 45.4 Å². The molecule has 1 N–H and O–H groups in total. The van der Waals surface area contributed by atoms with E-state index < -0.39 is 0 Å². The van der Waals surface area contributed by atoms with Crippen LogP contribution >= 0.6 is 0 Å². The molecule has 1 aliphatic heterocycles. The average molecular weight is 409 g/mol. The van der Waals surface area contributed by atoms with Crippen molar-refractivity contribution in [2.45, 2.75) is 64.6 Å². The fourth-order valence-electron chi connectivity index (χ4n) is 5.80. The number of benzene rings is 1. The van der Waals surface area contributed by atoms with E-state index in [4.69, 9.17) is 0 Å². The maximum Gasteiger partial charge on any atom is 0.317 e. The first-order valence-corrected chi connectivity index (χ1v) is 11.6. The van der Waals surface area contributed by atoms with Crippen LogP contribution in [0.2, 0.25) is 0 Å². The Morgan fingerprint density at radius 3 is 2.73 bits per heavy atom. The van der Waals surface area contributed by atoms with Crippen LogP contribution in [0.5, 0.6) is 0 Å². The summed E-state index contributed by atoms with van der Waals surface area (Å²) in [4.78, 5) is 17.0. The molecule has 0 radical (unpaired) electrons. The van der Waals surface area contributed by atoms with Crippen LogP contribution in [0, 0.1) is 0 Å². The highest BCUT2D eigenvalue weighted by Gasteiger charge is 2.41. The second kappa shape index (κ2) is 8.46.